The molecule has 0 aromatic carbocycles. The molecule has 1 heterocycles. The minimum absolute atomic E-state index is 0.00336. The third kappa shape index (κ3) is 2.46. The van der Waals surface area contributed by atoms with Crippen molar-refractivity contribution in [3.05, 3.63) is 10.8 Å². The van der Waals surface area contributed by atoms with Gasteiger partial charge in [0.15, 0.2) is 0 Å². The smallest absolute Gasteiger partial charge is 0.250 e. The van der Waals surface area contributed by atoms with E-state index in [0.29, 0.717) is 5.69 Å². The number of hydrogen-bond donors (Lipinski definition) is 0. The van der Waals surface area contributed by atoms with Gasteiger partial charge in [0, 0.05) is 16.6 Å². The van der Waals surface area contributed by atoms with Crippen LogP contribution in [0.15, 0.2) is 4.90 Å². The fourth-order valence-corrected chi connectivity index (χ4v) is 3.66. The summed E-state index contributed by atoms with van der Waals surface area (Å²) in [4.78, 5) is 0.00336. The molecule has 0 radical (unpaired) electrons. The van der Waals surface area contributed by atoms with Gasteiger partial charge in [0.05, 0.1) is 11.7 Å². The molecule has 0 amide bonds. The molecule has 1 aromatic rings. The number of aromatic nitrogens is 2. The molecule has 1 aliphatic rings. The van der Waals surface area contributed by atoms with Crippen molar-refractivity contribution in [1.82, 2.24) is 9.78 Å². The van der Waals surface area contributed by atoms with E-state index in [2.05, 4.69) is 5.10 Å². The predicted octanol–water partition coefficient (Wildman–Crippen LogP) is 3.31. The zero-order chi connectivity index (χ0) is 12.8. The Morgan fingerprint density at radius 3 is 2.53 bits per heavy atom. The van der Waals surface area contributed by atoms with Gasteiger partial charge in [-0.1, -0.05) is 18.5 Å². The molecule has 1 saturated carbocycles. The summed E-state index contributed by atoms with van der Waals surface area (Å²) in [7, 11) is 1.60. The van der Waals surface area contributed by atoms with E-state index in [0.717, 1.165) is 19.3 Å². The van der Waals surface area contributed by atoms with Crippen LogP contribution in [0.25, 0.3) is 0 Å². The first-order valence-electron chi connectivity index (χ1n) is 5.58. The predicted molar refractivity (Wildman–Crippen MR) is 67.3 cm³/mol. The molecular weight excluding hydrogens is 283 g/mol. The second-order valence-corrected chi connectivity index (χ2v) is 7.28. The van der Waals surface area contributed by atoms with Crippen molar-refractivity contribution >= 4 is 31.3 Å². The molecule has 1 aliphatic carbocycles. The van der Waals surface area contributed by atoms with Crippen molar-refractivity contribution in [2.45, 2.75) is 50.0 Å². The van der Waals surface area contributed by atoms with Crippen molar-refractivity contribution in [1.29, 1.82) is 0 Å². The molecule has 0 N–H and O–H groups in total. The van der Waals surface area contributed by atoms with Crippen LogP contribution in [0.3, 0.4) is 0 Å². The van der Waals surface area contributed by atoms with Crippen LogP contribution in [-0.2, 0) is 9.05 Å². The van der Waals surface area contributed by atoms with Crippen LogP contribution >= 0.6 is 22.3 Å². The Kier molecular flexibility index (Phi) is 3.45. The van der Waals surface area contributed by atoms with E-state index in [1.54, 1.807) is 4.68 Å². The Hall–Kier alpha value is -0.260. The Morgan fingerprint density at radius 2 is 2.12 bits per heavy atom. The van der Waals surface area contributed by atoms with Gasteiger partial charge in [-0.15, -0.1) is 0 Å². The number of rotatable bonds is 4. The lowest BCUT2D eigenvalue weighted by Gasteiger charge is -2.09. The monoisotopic (exact) mass is 296 g/mol. The van der Waals surface area contributed by atoms with E-state index < -0.39 is 9.05 Å². The third-order valence-corrected chi connectivity index (χ3v) is 4.88. The van der Waals surface area contributed by atoms with Crippen LogP contribution in [0, 0.1) is 0 Å². The topological polar surface area (TPSA) is 52.0 Å². The zero-order valence-electron chi connectivity index (χ0n) is 9.65. The molecule has 2 rings (SSSR count). The average molecular weight is 297 g/mol. The Bertz CT molecular complexity index is 535. The van der Waals surface area contributed by atoms with Gasteiger partial charge in [0.1, 0.15) is 10.0 Å². The fourth-order valence-electron chi connectivity index (χ4n) is 1.73. The van der Waals surface area contributed by atoms with Crippen molar-refractivity contribution in [3.63, 3.8) is 0 Å². The van der Waals surface area contributed by atoms with Crippen molar-refractivity contribution < 1.29 is 8.42 Å². The van der Waals surface area contributed by atoms with E-state index in [1.807, 2.05) is 13.8 Å². The summed E-state index contributed by atoms with van der Waals surface area (Å²) in [5.74, 6) is 0.196. The summed E-state index contributed by atoms with van der Waals surface area (Å²) in [5, 5.41) is 4.47. The summed E-state index contributed by atoms with van der Waals surface area (Å²) < 4.78 is 24.7. The highest BCUT2D eigenvalue weighted by Crippen LogP contribution is 2.45. The molecule has 1 fully saturated rings. The van der Waals surface area contributed by atoms with E-state index in [4.69, 9.17) is 22.3 Å². The summed E-state index contributed by atoms with van der Waals surface area (Å²) in [6.07, 6.45) is 2.73. The van der Waals surface area contributed by atoms with E-state index in [1.165, 1.54) is 0 Å². The van der Waals surface area contributed by atoms with Crippen LogP contribution < -0.4 is 0 Å². The highest BCUT2D eigenvalue weighted by Gasteiger charge is 2.36. The first-order chi connectivity index (χ1) is 7.86. The van der Waals surface area contributed by atoms with E-state index in [-0.39, 0.29) is 22.0 Å². The van der Waals surface area contributed by atoms with Crippen LogP contribution in [0.1, 0.15) is 50.8 Å². The lowest BCUT2D eigenvalue weighted by atomic mass is 10.3. The average Bonchev–Trinajstić information content (AvgIpc) is 3.00. The molecular formula is C10H14Cl2N2O2S. The van der Waals surface area contributed by atoms with Gasteiger partial charge in [0.25, 0.3) is 9.05 Å². The summed E-state index contributed by atoms with van der Waals surface area (Å²) in [5.41, 5.74) is 0.533. The second-order valence-electron chi connectivity index (χ2n) is 4.42. The molecule has 17 heavy (non-hydrogen) atoms. The van der Waals surface area contributed by atoms with Crippen LogP contribution in [0.2, 0.25) is 5.15 Å². The van der Waals surface area contributed by atoms with Gasteiger partial charge in [-0.2, -0.15) is 5.10 Å². The Labute approximate surface area is 110 Å². The number of halogens is 2. The van der Waals surface area contributed by atoms with Gasteiger partial charge < -0.3 is 0 Å². The molecule has 1 unspecified atom stereocenters. The van der Waals surface area contributed by atoms with E-state index in [9.17, 15) is 8.42 Å². The molecule has 0 spiro atoms. The van der Waals surface area contributed by atoms with Gasteiger partial charge >= 0.3 is 0 Å². The van der Waals surface area contributed by atoms with Gasteiger partial charge in [-0.05, 0) is 26.2 Å². The Balaban J connectivity index is 2.59. The van der Waals surface area contributed by atoms with Crippen LogP contribution in [0.5, 0.6) is 0 Å². The Morgan fingerprint density at radius 1 is 1.53 bits per heavy atom. The number of hydrogen-bond acceptors (Lipinski definition) is 3. The molecule has 4 nitrogen and oxygen atoms in total. The molecule has 1 atom stereocenters. The number of nitrogens with zero attached hydrogens (tertiary/aromatic N) is 2. The first-order valence-corrected chi connectivity index (χ1v) is 8.27. The molecule has 0 bridgehead atoms. The zero-order valence-corrected chi connectivity index (χ0v) is 12.0. The van der Waals surface area contributed by atoms with Crippen molar-refractivity contribution in [2.24, 2.45) is 0 Å². The highest BCUT2D eigenvalue weighted by molar-refractivity contribution is 8.13. The molecule has 0 saturated heterocycles. The summed E-state index contributed by atoms with van der Waals surface area (Å²) >= 11 is 6.10. The SMILES string of the molecule is CCC(C)n1nc(C2CC2)c(S(=O)(=O)Cl)c1Cl. The van der Waals surface area contributed by atoms with E-state index >= 15 is 0 Å². The molecule has 0 aliphatic heterocycles. The lowest BCUT2D eigenvalue weighted by Crippen LogP contribution is -2.06. The lowest BCUT2D eigenvalue weighted by molar-refractivity contribution is 0.474. The highest BCUT2D eigenvalue weighted by atomic mass is 35.7. The maximum atomic E-state index is 11.6. The molecule has 1 aromatic heterocycles. The fraction of sp³-hybridized carbons (Fsp3) is 0.700. The minimum atomic E-state index is -3.83. The quantitative estimate of drug-likeness (QED) is 0.801. The maximum Gasteiger partial charge on any atom is 0.266 e. The van der Waals surface area contributed by atoms with Gasteiger partial charge in [-0.3, -0.25) is 0 Å². The van der Waals surface area contributed by atoms with Crippen molar-refractivity contribution in [3.8, 4) is 0 Å². The molecule has 7 heteroatoms. The van der Waals surface area contributed by atoms with Gasteiger partial charge in [-0.25, -0.2) is 13.1 Å². The largest absolute Gasteiger partial charge is 0.266 e. The van der Waals surface area contributed by atoms with Crippen LogP contribution in [0.4, 0.5) is 0 Å². The first kappa shape index (κ1) is 13.2. The van der Waals surface area contributed by atoms with Crippen LogP contribution in [-0.4, -0.2) is 18.2 Å². The second kappa shape index (κ2) is 4.44. The maximum absolute atomic E-state index is 11.6. The normalized spacial score (nSPS) is 18.4. The van der Waals surface area contributed by atoms with Gasteiger partial charge in [0.2, 0.25) is 0 Å². The summed E-state index contributed by atoms with van der Waals surface area (Å²) in [6, 6.07) is 0.0622. The minimum Gasteiger partial charge on any atom is -0.250 e. The van der Waals surface area contributed by atoms with Crippen molar-refractivity contribution in [2.75, 3.05) is 0 Å². The third-order valence-electron chi connectivity index (χ3n) is 3.05. The molecule has 96 valence electrons. The standard InChI is InChI=1S/C10H14Cl2N2O2S/c1-3-6(2)14-10(11)9(17(12,15)16)8(13-14)7-4-5-7/h6-7H,3-5H2,1-2H3. The summed E-state index contributed by atoms with van der Waals surface area (Å²) in [6.45, 7) is 3.94.